The summed E-state index contributed by atoms with van der Waals surface area (Å²) in [6, 6.07) is 11.4. The summed E-state index contributed by atoms with van der Waals surface area (Å²) in [5.41, 5.74) is 1.45. The number of hydrogen-bond donors (Lipinski definition) is 0. The van der Waals surface area contributed by atoms with E-state index in [2.05, 4.69) is 0 Å². The fourth-order valence-corrected chi connectivity index (χ4v) is 2.51. The standard InChI is InChI=1S/C17H12ClNO4/c1-10-6-7-13(18)14(8-10)23-15(20)9-19-16(21)11-4-2-3-5-12(11)17(19)22/h2-8H,9H2,1H3. The van der Waals surface area contributed by atoms with Gasteiger partial charge in [0.15, 0.2) is 0 Å². The van der Waals surface area contributed by atoms with Crippen LogP contribution in [0.4, 0.5) is 0 Å². The molecule has 116 valence electrons. The SMILES string of the molecule is Cc1ccc(Cl)c(OC(=O)CN2C(=O)c3ccccc3C2=O)c1. The summed E-state index contributed by atoms with van der Waals surface area (Å²) < 4.78 is 5.17. The number of hydrogen-bond acceptors (Lipinski definition) is 4. The number of halogens is 1. The van der Waals surface area contributed by atoms with E-state index in [1.54, 1.807) is 42.5 Å². The van der Waals surface area contributed by atoms with Crippen molar-refractivity contribution in [1.29, 1.82) is 0 Å². The van der Waals surface area contributed by atoms with Gasteiger partial charge in [-0.25, -0.2) is 4.79 Å². The van der Waals surface area contributed by atoms with Gasteiger partial charge in [0, 0.05) is 0 Å². The van der Waals surface area contributed by atoms with Crippen LogP contribution in [-0.2, 0) is 4.79 Å². The Kier molecular flexibility index (Phi) is 3.88. The number of rotatable bonds is 3. The zero-order valence-electron chi connectivity index (χ0n) is 12.2. The van der Waals surface area contributed by atoms with Crippen molar-refractivity contribution in [2.45, 2.75) is 6.92 Å². The number of amides is 2. The average molecular weight is 330 g/mol. The lowest BCUT2D eigenvalue weighted by Crippen LogP contribution is -2.36. The summed E-state index contributed by atoms with van der Waals surface area (Å²) in [5.74, 6) is -1.53. The van der Waals surface area contributed by atoms with Crippen molar-refractivity contribution in [2.24, 2.45) is 0 Å². The van der Waals surface area contributed by atoms with Gasteiger partial charge in [-0.3, -0.25) is 14.5 Å². The molecule has 0 radical (unpaired) electrons. The van der Waals surface area contributed by atoms with Gasteiger partial charge in [-0.1, -0.05) is 29.8 Å². The summed E-state index contributed by atoms with van der Waals surface area (Å²) in [4.78, 5) is 37.3. The second kappa shape index (κ2) is 5.85. The first-order chi connectivity index (χ1) is 11.0. The molecule has 5 nitrogen and oxygen atoms in total. The van der Waals surface area contributed by atoms with E-state index < -0.39 is 24.3 Å². The highest BCUT2D eigenvalue weighted by molar-refractivity contribution is 6.32. The Morgan fingerprint density at radius 3 is 2.30 bits per heavy atom. The van der Waals surface area contributed by atoms with Gasteiger partial charge in [0.1, 0.15) is 12.3 Å². The molecule has 0 aliphatic carbocycles. The number of fused-ring (bicyclic) bond motifs is 1. The third kappa shape index (κ3) is 2.83. The van der Waals surface area contributed by atoms with Crippen LogP contribution in [0, 0.1) is 6.92 Å². The van der Waals surface area contributed by atoms with Crippen molar-refractivity contribution in [3.05, 3.63) is 64.2 Å². The smallest absolute Gasteiger partial charge is 0.331 e. The molecule has 1 aliphatic heterocycles. The molecule has 6 heteroatoms. The average Bonchev–Trinajstić information content (AvgIpc) is 2.76. The zero-order valence-corrected chi connectivity index (χ0v) is 13.0. The first-order valence-electron chi connectivity index (χ1n) is 6.89. The maximum atomic E-state index is 12.2. The first kappa shape index (κ1) is 15.2. The van der Waals surface area contributed by atoms with E-state index in [1.165, 1.54) is 0 Å². The van der Waals surface area contributed by atoms with Gasteiger partial charge in [0.05, 0.1) is 16.1 Å². The van der Waals surface area contributed by atoms with Crippen molar-refractivity contribution in [3.63, 3.8) is 0 Å². The van der Waals surface area contributed by atoms with Gasteiger partial charge in [-0.05, 0) is 36.8 Å². The van der Waals surface area contributed by atoms with E-state index in [9.17, 15) is 14.4 Å². The number of imide groups is 1. The van der Waals surface area contributed by atoms with Crippen molar-refractivity contribution in [1.82, 2.24) is 4.90 Å². The fraction of sp³-hybridized carbons (Fsp3) is 0.118. The molecule has 23 heavy (non-hydrogen) atoms. The van der Waals surface area contributed by atoms with Crippen LogP contribution in [0.2, 0.25) is 5.02 Å². The zero-order chi connectivity index (χ0) is 16.6. The quantitative estimate of drug-likeness (QED) is 0.493. The predicted octanol–water partition coefficient (Wildman–Crippen LogP) is 2.85. The Morgan fingerprint density at radius 2 is 1.70 bits per heavy atom. The summed E-state index contributed by atoms with van der Waals surface area (Å²) in [5, 5.41) is 0.284. The lowest BCUT2D eigenvalue weighted by molar-refractivity contribution is -0.134. The Morgan fingerprint density at radius 1 is 1.09 bits per heavy atom. The minimum atomic E-state index is -0.730. The Labute approximate surface area is 137 Å². The van der Waals surface area contributed by atoms with E-state index in [0.29, 0.717) is 11.1 Å². The fourth-order valence-electron chi connectivity index (χ4n) is 2.36. The van der Waals surface area contributed by atoms with Crippen molar-refractivity contribution in [2.75, 3.05) is 6.54 Å². The number of nitrogens with zero attached hydrogens (tertiary/aromatic N) is 1. The van der Waals surface area contributed by atoms with Crippen LogP contribution in [0.1, 0.15) is 26.3 Å². The second-order valence-corrected chi connectivity index (χ2v) is 5.56. The molecule has 0 fully saturated rings. The Bertz CT molecular complexity index is 796. The topological polar surface area (TPSA) is 63.7 Å². The molecule has 1 heterocycles. The number of benzene rings is 2. The molecule has 0 atom stereocenters. The first-order valence-corrected chi connectivity index (χ1v) is 7.27. The van der Waals surface area contributed by atoms with Crippen LogP contribution < -0.4 is 4.74 Å². The van der Waals surface area contributed by atoms with Crippen molar-refractivity contribution in [3.8, 4) is 5.75 Å². The molecule has 2 aromatic rings. The molecule has 0 N–H and O–H groups in total. The van der Waals surface area contributed by atoms with E-state index in [0.717, 1.165) is 10.5 Å². The molecule has 0 spiro atoms. The molecule has 0 aromatic heterocycles. The lowest BCUT2D eigenvalue weighted by Gasteiger charge is -2.13. The van der Waals surface area contributed by atoms with Crippen LogP contribution in [0.15, 0.2) is 42.5 Å². The number of carbonyl (C=O) groups excluding carboxylic acids is 3. The molecule has 3 rings (SSSR count). The summed E-state index contributed by atoms with van der Waals surface area (Å²) in [6.45, 7) is 1.37. The largest absolute Gasteiger partial charge is 0.424 e. The highest BCUT2D eigenvalue weighted by Crippen LogP contribution is 2.26. The van der Waals surface area contributed by atoms with Gasteiger partial charge < -0.3 is 4.74 Å². The minimum Gasteiger partial charge on any atom is -0.424 e. The minimum absolute atomic E-state index is 0.202. The molecule has 2 aromatic carbocycles. The summed E-state index contributed by atoms with van der Waals surface area (Å²) >= 11 is 5.96. The summed E-state index contributed by atoms with van der Waals surface area (Å²) in [6.07, 6.45) is 0. The maximum Gasteiger partial charge on any atom is 0.331 e. The molecule has 0 saturated heterocycles. The molecule has 0 saturated carbocycles. The Hall–Kier alpha value is -2.66. The third-order valence-electron chi connectivity index (χ3n) is 3.48. The van der Waals surface area contributed by atoms with Crippen molar-refractivity contribution >= 4 is 29.4 Å². The van der Waals surface area contributed by atoms with Crippen LogP contribution in [0.25, 0.3) is 0 Å². The second-order valence-electron chi connectivity index (χ2n) is 5.15. The number of ether oxygens (including phenoxy) is 1. The lowest BCUT2D eigenvalue weighted by atomic mass is 10.1. The van der Waals surface area contributed by atoms with E-state index >= 15 is 0 Å². The van der Waals surface area contributed by atoms with Gasteiger partial charge in [0.25, 0.3) is 11.8 Å². The molecular weight excluding hydrogens is 318 g/mol. The van der Waals surface area contributed by atoms with Crippen molar-refractivity contribution < 1.29 is 19.1 Å². The van der Waals surface area contributed by atoms with Gasteiger partial charge in [0.2, 0.25) is 0 Å². The van der Waals surface area contributed by atoms with E-state index in [4.69, 9.17) is 16.3 Å². The predicted molar refractivity (Wildman–Crippen MR) is 83.6 cm³/mol. The summed E-state index contributed by atoms with van der Waals surface area (Å²) in [7, 11) is 0. The molecule has 0 unspecified atom stereocenters. The van der Waals surface area contributed by atoms with Crippen LogP contribution >= 0.6 is 11.6 Å². The monoisotopic (exact) mass is 329 g/mol. The number of esters is 1. The van der Waals surface area contributed by atoms with E-state index in [-0.39, 0.29) is 10.8 Å². The highest BCUT2D eigenvalue weighted by Gasteiger charge is 2.36. The molecule has 2 amide bonds. The highest BCUT2D eigenvalue weighted by atomic mass is 35.5. The molecular formula is C17H12ClNO4. The molecule has 0 bridgehead atoms. The molecule has 1 aliphatic rings. The van der Waals surface area contributed by atoms with Crippen LogP contribution in [0.3, 0.4) is 0 Å². The van der Waals surface area contributed by atoms with Gasteiger partial charge in [-0.15, -0.1) is 0 Å². The number of aryl methyl sites for hydroxylation is 1. The van der Waals surface area contributed by atoms with E-state index in [1.807, 2.05) is 6.92 Å². The van der Waals surface area contributed by atoms with Crippen LogP contribution in [-0.4, -0.2) is 29.2 Å². The van der Waals surface area contributed by atoms with Crippen LogP contribution in [0.5, 0.6) is 5.75 Å². The third-order valence-corrected chi connectivity index (χ3v) is 3.79. The maximum absolute atomic E-state index is 12.2. The van der Waals surface area contributed by atoms with Gasteiger partial charge >= 0.3 is 5.97 Å². The Balaban J connectivity index is 1.76. The number of carbonyl (C=O) groups is 3. The van der Waals surface area contributed by atoms with Gasteiger partial charge in [-0.2, -0.15) is 0 Å². The normalized spacial score (nSPS) is 13.2.